The highest BCUT2D eigenvalue weighted by Crippen LogP contribution is 2.40. The van der Waals surface area contributed by atoms with Crippen LogP contribution in [-0.2, 0) is 16.1 Å². The van der Waals surface area contributed by atoms with Crippen LogP contribution >= 0.6 is 0 Å². The number of aromatic hydroxyl groups is 1. The molecule has 0 unspecified atom stereocenters. The first kappa shape index (κ1) is 25.9. The Labute approximate surface area is 217 Å². The molecular formula is C31H32O6. The molecule has 0 saturated carbocycles. The summed E-state index contributed by atoms with van der Waals surface area (Å²) in [7, 11) is 1.32. The third kappa shape index (κ3) is 6.15. The molecule has 1 heterocycles. The van der Waals surface area contributed by atoms with Crippen molar-refractivity contribution in [1.82, 2.24) is 0 Å². The molecule has 192 valence electrons. The molecule has 0 aliphatic carbocycles. The number of phenolic OH excluding ortho intramolecular Hbond substituents is 1. The van der Waals surface area contributed by atoms with Crippen LogP contribution in [0.2, 0.25) is 0 Å². The summed E-state index contributed by atoms with van der Waals surface area (Å²) in [5.41, 5.74) is 2.29. The van der Waals surface area contributed by atoms with Gasteiger partial charge in [-0.15, -0.1) is 0 Å². The number of esters is 1. The predicted molar refractivity (Wildman–Crippen MR) is 145 cm³/mol. The molecule has 6 heteroatoms. The van der Waals surface area contributed by atoms with E-state index in [0.717, 1.165) is 12.0 Å². The van der Waals surface area contributed by atoms with E-state index in [2.05, 4.69) is 0 Å². The molecule has 0 amide bonds. The Morgan fingerprint density at radius 3 is 2.57 bits per heavy atom. The average Bonchev–Trinajstić information content (AvgIpc) is 2.90. The first-order valence-electron chi connectivity index (χ1n) is 12.3. The molecule has 0 spiro atoms. The van der Waals surface area contributed by atoms with Gasteiger partial charge in [0.2, 0.25) is 0 Å². The molecule has 6 nitrogen and oxygen atoms in total. The highest BCUT2D eigenvalue weighted by Gasteiger charge is 2.25. The maximum absolute atomic E-state index is 13.0. The minimum Gasteiger partial charge on any atom is -0.507 e. The number of carbonyl (C=O) groups is 1. The van der Waals surface area contributed by atoms with Crippen molar-refractivity contribution in [2.45, 2.75) is 39.4 Å². The SMILES string of the molecule is CCCOc1ccc(C(=Cc2ccc3c(c2O)C=CC(C)(C)O3)C(=O)OC)c(OCc2ccccc2)c1. The summed E-state index contributed by atoms with van der Waals surface area (Å²) in [6.07, 6.45) is 6.18. The van der Waals surface area contributed by atoms with Gasteiger partial charge in [-0.25, -0.2) is 4.79 Å². The van der Waals surface area contributed by atoms with Crippen LogP contribution in [0.5, 0.6) is 23.0 Å². The standard InChI is InChI=1S/C31H32O6/c1-5-17-35-23-12-13-24(28(19-23)36-20-21-9-7-6-8-10-21)26(30(33)34-4)18-22-11-14-27-25(29(22)32)15-16-31(2,3)37-27/h6-16,18-19,32H,5,17,20H2,1-4H3. The lowest BCUT2D eigenvalue weighted by atomic mass is 9.97. The van der Waals surface area contributed by atoms with Gasteiger partial charge >= 0.3 is 5.97 Å². The molecule has 1 aliphatic rings. The maximum atomic E-state index is 13.0. The van der Waals surface area contributed by atoms with Crippen molar-refractivity contribution >= 4 is 23.7 Å². The Balaban J connectivity index is 1.77. The van der Waals surface area contributed by atoms with Crippen molar-refractivity contribution in [3.63, 3.8) is 0 Å². The zero-order valence-electron chi connectivity index (χ0n) is 21.6. The molecule has 0 atom stereocenters. The molecular weight excluding hydrogens is 468 g/mol. The zero-order valence-corrected chi connectivity index (χ0v) is 21.6. The molecule has 1 aliphatic heterocycles. The highest BCUT2D eigenvalue weighted by molar-refractivity contribution is 6.22. The van der Waals surface area contributed by atoms with Gasteiger partial charge in [0, 0.05) is 17.2 Å². The number of carbonyl (C=O) groups excluding carboxylic acids is 1. The third-order valence-electron chi connectivity index (χ3n) is 5.89. The number of rotatable bonds is 9. The summed E-state index contributed by atoms with van der Waals surface area (Å²) >= 11 is 0. The lowest BCUT2D eigenvalue weighted by Crippen LogP contribution is -2.27. The van der Waals surface area contributed by atoms with E-state index in [-0.39, 0.29) is 11.3 Å². The second kappa shape index (κ2) is 11.2. The van der Waals surface area contributed by atoms with E-state index in [9.17, 15) is 9.90 Å². The Hall–Kier alpha value is -4.19. The molecule has 3 aromatic rings. The molecule has 3 aromatic carbocycles. The van der Waals surface area contributed by atoms with Gasteiger partial charge in [0.15, 0.2) is 0 Å². The number of fused-ring (bicyclic) bond motifs is 1. The largest absolute Gasteiger partial charge is 0.507 e. The number of benzene rings is 3. The first-order valence-corrected chi connectivity index (χ1v) is 12.3. The number of phenols is 1. The molecule has 0 aromatic heterocycles. The van der Waals surface area contributed by atoms with Crippen molar-refractivity contribution in [3.8, 4) is 23.0 Å². The molecule has 0 fully saturated rings. The van der Waals surface area contributed by atoms with Crippen LogP contribution in [0.3, 0.4) is 0 Å². The monoisotopic (exact) mass is 500 g/mol. The fraction of sp³-hybridized carbons (Fsp3) is 0.258. The van der Waals surface area contributed by atoms with E-state index in [4.69, 9.17) is 18.9 Å². The highest BCUT2D eigenvalue weighted by atomic mass is 16.5. The quantitative estimate of drug-likeness (QED) is 0.201. The minimum absolute atomic E-state index is 0.0142. The van der Waals surface area contributed by atoms with Crippen LogP contribution in [-0.4, -0.2) is 30.4 Å². The second-order valence-corrected chi connectivity index (χ2v) is 9.28. The van der Waals surface area contributed by atoms with E-state index < -0.39 is 11.6 Å². The normalized spacial score (nSPS) is 13.9. The van der Waals surface area contributed by atoms with E-state index in [1.54, 1.807) is 36.4 Å². The summed E-state index contributed by atoms with van der Waals surface area (Å²) in [5.74, 6) is 1.14. The Kier molecular flexibility index (Phi) is 7.87. The smallest absolute Gasteiger partial charge is 0.338 e. The summed E-state index contributed by atoms with van der Waals surface area (Å²) < 4.78 is 23.1. The van der Waals surface area contributed by atoms with Gasteiger partial charge < -0.3 is 24.1 Å². The van der Waals surface area contributed by atoms with Gasteiger partial charge in [-0.05, 0) is 68.3 Å². The van der Waals surface area contributed by atoms with E-state index in [0.29, 0.717) is 47.2 Å². The van der Waals surface area contributed by atoms with Gasteiger partial charge in [-0.2, -0.15) is 0 Å². The molecule has 0 bridgehead atoms. The Morgan fingerprint density at radius 1 is 1.05 bits per heavy atom. The summed E-state index contributed by atoms with van der Waals surface area (Å²) in [6.45, 7) is 6.79. The van der Waals surface area contributed by atoms with E-state index in [1.165, 1.54) is 7.11 Å². The van der Waals surface area contributed by atoms with Crippen LogP contribution < -0.4 is 14.2 Å². The number of methoxy groups -OCH3 is 1. The predicted octanol–water partition coefficient (Wildman–Crippen LogP) is 6.66. The van der Waals surface area contributed by atoms with Crippen molar-refractivity contribution in [2.24, 2.45) is 0 Å². The fourth-order valence-corrected chi connectivity index (χ4v) is 3.98. The zero-order chi connectivity index (χ0) is 26.4. The molecule has 0 saturated heterocycles. The van der Waals surface area contributed by atoms with Crippen LogP contribution in [0.1, 0.15) is 49.4 Å². The topological polar surface area (TPSA) is 74.2 Å². The van der Waals surface area contributed by atoms with Crippen LogP contribution in [0.15, 0.2) is 66.7 Å². The van der Waals surface area contributed by atoms with Gasteiger partial charge in [0.25, 0.3) is 0 Å². The summed E-state index contributed by atoms with van der Waals surface area (Å²) in [4.78, 5) is 13.0. The van der Waals surface area contributed by atoms with Crippen molar-refractivity contribution in [3.05, 3.63) is 89.0 Å². The lowest BCUT2D eigenvalue weighted by molar-refractivity contribution is -0.133. The van der Waals surface area contributed by atoms with Gasteiger partial charge in [0.05, 0.1) is 24.9 Å². The minimum atomic E-state index is -0.558. The van der Waals surface area contributed by atoms with Crippen molar-refractivity contribution in [1.29, 1.82) is 0 Å². The van der Waals surface area contributed by atoms with E-state index in [1.807, 2.05) is 63.3 Å². The average molecular weight is 501 g/mol. The van der Waals surface area contributed by atoms with Crippen LogP contribution in [0.25, 0.3) is 17.7 Å². The van der Waals surface area contributed by atoms with E-state index >= 15 is 0 Å². The van der Waals surface area contributed by atoms with Gasteiger partial charge in [-0.3, -0.25) is 0 Å². The molecule has 37 heavy (non-hydrogen) atoms. The number of hydrogen-bond acceptors (Lipinski definition) is 6. The number of ether oxygens (including phenoxy) is 4. The maximum Gasteiger partial charge on any atom is 0.338 e. The van der Waals surface area contributed by atoms with Crippen molar-refractivity contribution < 1.29 is 28.8 Å². The Morgan fingerprint density at radius 2 is 1.84 bits per heavy atom. The van der Waals surface area contributed by atoms with Gasteiger partial charge in [0.1, 0.15) is 35.2 Å². The molecule has 1 N–H and O–H groups in total. The molecule has 4 rings (SSSR count). The Bertz CT molecular complexity index is 1320. The second-order valence-electron chi connectivity index (χ2n) is 9.28. The summed E-state index contributed by atoms with van der Waals surface area (Å²) in [6, 6.07) is 18.6. The third-order valence-corrected chi connectivity index (χ3v) is 5.89. The fourth-order valence-electron chi connectivity index (χ4n) is 3.98. The van der Waals surface area contributed by atoms with Crippen LogP contribution in [0.4, 0.5) is 0 Å². The van der Waals surface area contributed by atoms with Gasteiger partial charge in [-0.1, -0.05) is 37.3 Å². The number of hydrogen-bond donors (Lipinski definition) is 1. The van der Waals surface area contributed by atoms with Crippen LogP contribution in [0, 0.1) is 0 Å². The lowest BCUT2D eigenvalue weighted by Gasteiger charge is -2.28. The van der Waals surface area contributed by atoms with Crippen molar-refractivity contribution in [2.75, 3.05) is 13.7 Å². The molecule has 0 radical (unpaired) electrons. The summed E-state index contributed by atoms with van der Waals surface area (Å²) in [5, 5.41) is 11.0. The first-order chi connectivity index (χ1) is 17.8.